The van der Waals surface area contributed by atoms with Crippen LogP contribution < -0.4 is 10.1 Å². The van der Waals surface area contributed by atoms with Crippen LogP contribution in [0.3, 0.4) is 0 Å². The molecule has 1 amide bonds. The number of benzene rings is 2. The number of rotatable bonds is 6. The molecule has 0 fully saturated rings. The highest BCUT2D eigenvalue weighted by atomic mass is 35.5. The van der Waals surface area contributed by atoms with Gasteiger partial charge < -0.3 is 14.8 Å². The lowest BCUT2D eigenvalue weighted by Gasteiger charge is -2.24. The van der Waals surface area contributed by atoms with Crippen LogP contribution in [-0.4, -0.2) is 31.6 Å². The van der Waals surface area contributed by atoms with E-state index in [4.69, 9.17) is 32.7 Å². The normalized spacial score (nSPS) is 15.4. The van der Waals surface area contributed by atoms with E-state index in [1.54, 1.807) is 30.3 Å². The van der Waals surface area contributed by atoms with Crippen molar-refractivity contribution in [3.05, 3.63) is 63.6 Å². The third-order valence-corrected chi connectivity index (χ3v) is 4.74. The van der Waals surface area contributed by atoms with Crippen molar-refractivity contribution in [2.75, 3.05) is 19.8 Å². The van der Waals surface area contributed by atoms with Gasteiger partial charge in [-0.25, -0.2) is 0 Å². The van der Waals surface area contributed by atoms with Crippen molar-refractivity contribution >= 4 is 35.1 Å². The first-order chi connectivity index (χ1) is 13.0. The molecule has 1 heterocycles. The Balaban J connectivity index is 1.40. The molecule has 1 aliphatic rings. The van der Waals surface area contributed by atoms with Crippen molar-refractivity contribution in [2.24, 2.45) is 5.92 Å². The summed E-state index contributed by atoms with van der Waals surface area (Å²) in [4.78, 5) is 24.1. The van der Waals surface area contributed by atoms with Crippen LogP contribution in [-0.2, 0) is 27.2 Å². The summed E-state index contributed by atoms with van der Waals surface area (Å²) in [5.74, 6) is -0.507. The second kappa shape index (κ2) is 9.11. The molecule has 0 saturated carbocycles. The maximum atomic E-state index is 12.2. The molecule has 0 spiro atoms. The molecule has 1 N–H and O–H groups in total. The van der Waals surface area contributed by atoms with E-state index >= 15 is 0 Å². The van der Waals surface area contributed by atoms with Gasteiger partial charge in [-0.1, -0.05) is 35.3 Å². The van der Waals surface area contributed by atoms with Crippen molar-refractivity contribution in [3.63, 3.8) is 0 Å². The molecule has 0 aromatic heterocycles. The number of hydrogen-bond acceptors (Lipinski definition) is 4. The Bertz CT molecular complexity index is 823. The van der Waals surface area contributed by atoms with Crippen molar-refractivity contribution in [1.82, 2.24) is 5.32 Å². The fourth-order valence-corrected chi connectivity index (χ4v) is 3.14. The molecule has 1 aliphatic heterocycles. The number of hydrogen-bond donors (Lipinski definition) is 1. The fourth-order valence-electron chi connectivity index (χ4n) is 2.82. The molecule has 3 rings (SSSR count). The fraction of sp³-hybridized carbons (Fsp3) is 0.300. The van der Waals surface area contributed by atoms with Crippen LogP contribution in [0.25, 0.3) is 0 Å². The topological polar surface area (TPSA) is 64.6 Å². The minimum Gasteiger partial charge on any atom is -0.492 e. The van der Waals surface area contributed by atoms with E-state index < -0.39 is 11.9 Å². The molecule has 5 nitrogen and oxygen atoms in total. The zero-order valence-corrected chi connectivity index (χ0v) is 16.1. The van der Waals surface area contributed by atoms with Crippen LogP contribution in [0.1, 0.15) is 11.1 Å². The minimum atomic E-state index is -0.450. The highest BCUT2D eigenvalue weighted by Gasteiger charge is 2.27. The summed E-state index contributed by atoms with van der Waals surface area (Å²) in [5.41, 5.74) is 1.93. The van der Waals surface area contributed by atoms with Gasteiger partial charge in [-0.2, -0.15) is 0 Å². The number of halogens is 2. The Morgan fingerprint density at radius 1 is 1.11 bits per heavy atom. The molecule has 0 radical (unpaired) electrons. The maximum Gasteiger partial charge on any atom is 0.313 e. The Hall–Kier alpha value is -2.24. The number of ether oxygens (including phenoxy) is 2. The lowest BCUT2D eigenvalue weighted by Crippen LogP contribution is -2.34. The number of carbonyl (C=O) groups excluding carboxylic acids is 2. The average Bonchev–Trinajstić information content (AvgIpc) is 2.67. The van der Waals surface area contributed by atoms with Gasteiger partial charge in [0.05, 0.1) is 5.92 Å². The Kier molecular flexibility index (Phi) is 6.58. The minimum absolute atomic E-state index is 0.228. The first-order valence-electron chi connectivity index (χ1n) is 8.60. The van der Waals surface area contributed by atoms with Gasteiger partial charge in [-0.05, 0) is 54.3 Å². The predicted octanol–water partition coefficient (Wildman–Crippen LogP) is 3.45. The summed E-state index contributed by atoms with van der Waals surface area (Å²) in [6, 6.07) is 12.7. The van der Waals surface area contributed by atoms with Crippen LogP contribution in [0.5, 0.6) is 5.75 Å². The van der Waals surface area contributed by atoms with Gasteiger partial charge in [0.25, 0.3) is 5.91 Å². The zero-order valence-electron chi connectivity index (χ0n) is 14.5. The Morgan fingerprint density at radius 2 is 1.85 bits per heavy atom. The van der Waals surface area contributed by atoms with Crippen LogP contribution in [0.4, 0.5) is 0 Å². The molecule has 1 unspecified atom stereocenters. The highest BCUT2D eigenvalue weighted by molar-refractivity contribution is 6.30. The van der Waals surface area contributed by atoms with E-state index in [1.165, 1.54) is 0 Å². The lowest BCUT2D eigenvalue weighted by molar-refractivity contribution is -0.153. The van der Waals surface area contributed by atoms with E-state index in [0.29, 0.717) is 29.4 Å². The van der Waals surface area contributed by atoms with Gasteiger partial charge in [0.15, 0.2) is 6.61 Å². The molecule has 2 aromatic carbocycles. The quantitative estimate of drug-likeness (QED) is 0.744. The summed E-state index contributed by atoms with van der Waals surface area (Å²) in [7, 11) is 0. The van der Waals surface area contributed by atoms with Crippen LogP contribution in [0.15, 0.2) is 42.5 Å². The first-order valence-corrected chi connectivity index (χ1v) is 9.36. The second-order valence-electron chi connectivity index (χ2n) is 6.30. The van der Waals surface area contributed by atoms with Crippen LogP contribution in [0.2, 0.25) is 10.0 Å². The number of esters is 1. The van der Waals surface area contributed by atoms with Gasteiger partial charge in [0.2, 0.25) is 0 Å². The average molecular weight is 408 g/mol. The van der Waals surface area contributed by atoms with Gasteiger partial charge >= 0.3 is 5.97 Å². The lowest BCUT2D eigenvalue weighted by atomic mass is 9.97. The van der Waals surface area contributed by atoms with E-state index in [2.05, 4.69) is 5.32 Å². The van der Waals surface area contributed by atoms with E-state index in [0.717, 1.165) is 16.9 Å². The van der Waals surface area contributed by atoms with Crippen LogP contribution >= 0.6 is 23.2 Å². The number of amides is 1. The smallest absolute Gasteiger partial charge is 0.313 e. The summed E-state index contributed by atoms with van der Waals surface area (Å²) >= 11 is 11.8. The maximum absolute atomic E-state index is 12.2. The molecule has 0 aliphatic carbocycles. The van der Waals surface area contributed by atoms with Gasteiger partial charge in [0, 0.05) is 16.6 Å². The largest absolute Gasteiger partial charge is 0.492 e. The predicted molar refractivity (Wildman–Crippen MR) is 103 cm³/mol. The van der Waals surface area contributed by atoms with Crippen LogP contribution in [0, 0.1) is 5.92 Å². The molecule has 2 aromatic rings. The van der Waals surface area contributed by atoms with Crippen molar-refractivity contribution in [1.29, 1.82) is 0 Å². The molecular formula is C20H19Cl2NO4. The molecule has 1 atom stereocenters. The summed E-state index contributed by atoms with van der Waals surface area (Å²) < 4.78 is 10.7. The zero-order chi connectivity index (χ0) is 19.2. The molecular weight excluding hydrogens is 389 g/mol. The molecule has 27 heavy (non-hydrogen) atoms. The van der Waals surface area contributed by atoms with Gasteiger partial charge in [-0.3, -0.25) is 9.59 Å². The standard InChI is InChI=1S/C20H19Cl2NO4/c21-16-3-1-13(2-4-16)7-8-23-19(24)12-27-20(25)15-9-14-10-17(22)5-6-18(14)26-11-15/h1-6,10,15H,7-9,11-12H2,(H,23,24). The second-order valence-corrected chi connectivity index (χ2v) is 7.17. The number of nitrogens with one attached hydrogen (secondary N) is 1. The monoisotopic (exact) mass is 407 g/mol. The van der Waals surface area contributed by atoms with E-state index in [-0.39, 0.29) is 19.1 Å². The SMILES string of the molecule is O=C(COC(=O)C1COc2ccc(Cl)cc2C1)NCCc1ccc(Cl)cc1. The van der Waals surface area contributed by atoms with Gasteiger partial charge in [-0.15, -0.1) is 0 Å². The third kappa shape index (κ3) is 5.62. The van der Waals surface area contributed by atoms with Crippen molar-refractivity contribution < 1.29 is 19.1 Å². The van der Waals surface area contributed by atoms with E-state index in [9.17, 15) is 9.59 Å². The Morgan fingerprint density at radius 3 is 2.63 bits per heavy atom. The first kappa shape index (κ1) is 19.5. The van der Waals surface area contributed by atoms with Crippen molar-refractivity contribution in [2.45, 2.75) is 12.8 Å². The number of carbonyl (C=O) groups is 2. The summed E-state index contributed by atoms with van der Waals surface area (Å²) in [6.07, 6.45) is 1.15. The van der Waals surface area contributed by atoms with Gasteiger partial charge in [0.1, 0.15) is 12.4 Å². The molecule has 142 valence electrons. The summed E-state index contributed by atoms with van der Waals surface area (Å²) in [6.45, 7) is 0.375. The highest BCUT2D eigenvalue weighted by Crippen LogP contribution is 2.30. The number of fused-ring (bicyclic) bond motifs is 1. The molecule has 0 saturated heterocycles. The Labute approximate surface area is 167 Å². The third-order valence-electron chi connectivity index (χ3n) is 4.26. The van der Waals surface area contributed by atoms with E-state index in [1.807, 2.05) is 12.1 Å². The van der Waals surface area contributed by atoms with Crippen molar-refractivity contribution in [3.8, 4) is 5.75 Å². The summed E-state index contributed by atoms with van der Waals surface area (Å²) in [5, 5.41) is 3.99. The molecule has 7 heteroatoms. The molecule has 0 bridgehead atoms.